The second kappa shape index (κ2) is 8.11. The van der Waals surface area contributed by atoms with Crippen LogP contribution in [0.2, 0.25) is 0 Å². The third-order valence-corrected chi connectivity index (χ3v) is 6.41. The molecule has 8 heteroatoms. The molecule has 4 heterocycles. The lowest BCUT2D eigenvalue weighted by molar-refractivity contribution is -0.132. The fourth-order valence-electron chi connectivity index (χ4n) is 4.46. The Balaban J connectivity index is 1.29. The number of hydrogen-bond donors (Lipinski definition) is 2. The van der Waals surface area contributed by atoms with Gasteiger partial charge in [0.05, 0.1) is 0 Å². The summed E-state index contributed by atoms with van der Waals surface area (Å²) in [6, 6.07) is 12.1. The number of aryl methyl sites for hydroxylation is 1. The first-order valence-electron chi connectivity index (χ1n) is 10.5. The van der Waals surface area contributed by atoms with Crippen molar-refractivity contribution < 1.29 is 4.79 Å². The van der Waals surface area contributed by atoms with Gasteiger partial charge in [0.1, 0.15) is 12.2 Å². The van der Waals surface area contributed by atoms with Gasteiger partial charge in [-0.05, 0) is 61.7 Å². The van der Waals surface area contributed by atoms with Gasteiger partial charge in [-0.3, -0.25) is 14.5 Å². The summed E-state index contributed by atoms with van der Waals surface area (Å²) in [6.07, 6.45) is 5.75. The van der Waals surface area contributed by atoms with Crippen LogP contribution in [0.15, 0.2) is 48.8 Å². The van der Waals surface area contributed by atoms with Gasteiger partial charge < -0.3 is 9.88 Å². The predicted molar refractivity (Wildman–Crippen MR) is 122 cm³/mol. The van der Waals surface area contributed by atoms with Crippen LogP contribution in [-0.4, -0.2) is 48.6 Å². The van der Waals surface area contributed by atoms with Crippen LogP contribution >= 0.6 is 12.2 Å². The zero-order valence-electron chi connectivity index (χ0n) is 17.3. The maximum Gasteiger partial charge on any atom is 0.242 e. The molecule has 158 valence electrons. The average Bonchev–Trinajstić information content (AvgIpc) is 3.38. The minimum atomic E-state index is 0.0745. The van der Waals surface area contributed by atoms with Gasteiger partial charge in [-0.2, -0.15) is 5.10 Å². The summed E-state index contributed by atoms with van der Waals surface area (Å²) in [5.74, 6) is 1.20. The van der Waals surface area contributed by atoms with E-state index in [4.69, 9.17) is 12.2 Å². The molecule has 2 N–H and O–H groups in total. The Labute approximate surface area is 185 Å². The summed E-state index contributed by atoms with van der Waals surface area (Å²) in [5.41, 5.74) is 4.31. The van der Waals surface area contributed by atoms with Gasteiger partial charge in [0.2, 0.25) is 5.91 Å². The normalized spacial score (nSPS) is 14.9. The zero-order valence-corrected chi connectivity index (χ0v) is 18.2. The van der Waals surface area contributed by atoms with E-state index in [-0.39, 0.29) is 12.5 Å². The van der Waals surface area contributed by atoms with E-state index in [0.29, 0.717) is 16.5 Å². The number of nitrogens with one attached hydrogen (secondary N) is 2. The number of pyridine rings is 1. The summed E-state index contributed by atoms with van der Waals surface area (Å²) in [5, 5.41) is 8.39. The lowest BCUT2D eigenvalue weighted by atomic mass is 9.89. The number of amides is 1. The smallest absolute Gasteiger partial charge is 0.242 e. The Kier molecular flexibility index (Phi) is 5.15. The van der Waals surface area contributed by atoms with Gasteiger partial charge in [0.15, 0.2) is 10.6 Å². The molecule has 0 radical (unpaired) electrons. The van der Waals surface area contributed by atoms with E-state index in [0.717, 1.165) is 42.7 Å². The number of aromatic nitrogens is 5. The number of piperidine rings is 1. The Hall–Kier alpha value is -3.26. The molecule has 7 nitrogen and oxygen atoms in total. The number of H-pyrrole nitrogens is 2. The molecule has 5 rings (SSSR count). The molecule has 0 saturated carbocycles. The molecule has 0 aliphatic carbocycles. The quantitative estimate of drug-likeness (QED) is 0.474. The topological polar surface area (TPSA) is 82.6 Å². The minimum absolute atomic E-state index is 0.0745. The minimum Gasteiger partial charge on any atom is -0.346 e. The van der Waals surface area contributed by atoms with Gasteiger partial charge in [-0.25, -0.2) is 4.98 Å². The van der Waals surface area contributed by atoms with Gasteiger partial charge >= 0.3 is 0 Å². The molecular formula is C23H24N6OS. The van der Waals surface area contributed by atoms with Crippen molar-refractivity contribution in [1.82, 2.24) is 29.6 Å². The van der Waals surface area contributed by atoms with Crippen molar-refractivity contribution in [2.45, 2.75) is 32.2 Å². The van der Waals surface area contributed by atoms with Crippen LogP contribution in [0, 0.1) is 11.7 Å². The van der Waals surface area contributed by atoms with Crippen LogP contribution in [0.25, 0.3) is 22.4 Å². The predicted octanol–water partition coefficient (Wildman–Crippen LogP) is 4.20. The number of fused-ring (bicyclic) bond motifs is 1. The highest BCUT2D eigenvalue weighted by Crippen LogP contribution is 2.32. The Bertz CT molecular complexity index is 1290. The highest BCUT2D eigenvalue weighted by molar-refractivity contribution is 7.71. The maximum absolute atomic E-state index is 13.1. The number of carbonyl (C=O) groups is 1. The van der Waals surface area contributed by atoms with E-state index in [2.05, 4.69) is 32.4 Å². The maximum atomic E-state index is 13.1. The molecule has 1 aliphatic heterocycles. The number of benzene rings is 1. The Morgan fingerprint density at radius 1 is 1.23 bits per heavy atom. The summed E-state index contributed by atoms with van der Waals surface area (Å²) < 4.78 is 2.26. The van der Waals surface area contributed by atoms with Crippen molar-refractivity contribution in [3.05, 3.63) is 64.7 Å². The average molecular weight is 433 g/mol. The first kappa shape index (κ1) is 19.7. The Morgan fingerprint density at radius 2 is 2.06 bits per heavy atom. The van der Waals surface area contributed by atoms with E-state index in [1.165, 1.54) is 10.9 Å². The molecule has 4 aromatic rings. The lowest BCUT2D eigenvalue weighted by Crippen LogP contribution is -2.39. The number of carbonyl (C=O) groups excluding carboxylic acids is 1. The van der Waals surface area contributed by atoms with Crippen LogP contribution in [0.4, 0.5) is 0 Å². The molecular weight excluding hydrogens is 408 g/mol. The first-order valence-corrected chi connectivity index (χ1v) is 10.9. The molecule has 3 aromatic heterocycles. The fraction of sp³-hybridized carbons (Fsp3) is 0.304. The van der Waals surface area contributed by atoms with Crippen LogP contribution in [0.5, 0.6) is 0 Å². The number of hydrogen-bond acceptors (Lipinski definition) is 4. The van der Waals surface area contributed by atoms with E-state index >= 15 is 0 Å². The van der Waals surface area contributed by atoms with Crippen molar-refractivity contribution in [3.8, 4) is 11.4 Å². The first-order chi connectivity index (χ1) is 15.1. The van der Waals surface area contributed by atoms with Crippen molar-refractivity contribution in [2.24, 2.45) is 0 Å². The fourth-order valence-corrected chi connectivity index (χ4v) is 4.66. The molecule has 1 aliphatic rings. The number of rotatable bonds is 4. The lowest BCUT2D eigenvalue weighted by Gasteiger charge is -2.32. The summed E-state index contributed by atoms with van der Waals surface area (Å²) in [6.45, 7) is 3.71. The van der Waals surface area contributed by atoms with Gasteiger partial charge in [-0.15, -0.1) is 0 Å². The molecule has 1 amide bonds. The van der Waals surface area contributed by atoms with Crippen molar-refractivity contribution in [2.75, 3.05) is 13.1 Å². The molecule has 0 unspecified atom stereocenters. The van der Waals surface area contributed by atoms with E-state index in [9.17, 15) is 4.79 Å². The van der Waals surface area contributed by atoms with Gasteiger partial charge in [0.25, 0.3) is 0 Å². The summed E-state index contributed by atoms with van der Waals surface area (Å²) >= 11 is 5.41. The standard InChI is InChI=1S/C23H24N6OS/c1-15-4-2-5-17(12-15)22-26-27-23(31)29(22)14-20(30)28-10-7-16(8-11-28)19-13-25-21-18(19)6-3-9-24-21/h2-6,9,12-13,16H,7-8,10-11,14H2,1H3,(H,24,25)(H,27,31). The number of likely N-dealkylation sites (tertiary alicyclic amines) is 1. The van der Waals surface area contributed by atoms with Crippen molar-refractivity contribution >= 4 is 29.2 Å². The molecule has 0 spiro atoms. The Morgan fingerprint density at radius 3 is 2.87 bits per heavy atom. The molecule has 0 bridgehead atoms. The highest BCUT2D eigenvalue weighted by atomic mass is 32.1. The van der Waals surface area contributed by atoms with Gasteiger partial charge in [-0.1, -0.05) is 23.8 Å². The van der Waals surface area contributed by atoms with Crippen LogP contribution in [0.1, 0.15) is 29.9 Å². The third-order valence-electron chi connectivity index (χ3n) is 6.10. The van der Waals surface area contributed by atoms with E-state index in [1.807, 2.05) is 42.2 Å². The van der Waals surface area contributed by atoms with Crippen molar-refractivity contribution in [3.63, 3.8) is 0 Å². The van der Waals surface area contributed by atoms with Gasteiger partial charge in [0, 0.05) is 36.4 Å². The molecule has 0 atom stereocenters. The van der Waals surface area contributed by atoms with Crippen LogP contribution < -0.4 is 0 Å². The second-order valence-electron chi connectivity index (χ2n) is 8.11. The number of nitrogens with zero attached hydrogens (tertiary/aromatic N) is 4. The SMILES string of the molecule is Cc1cccc(-c2n[nH]c(=S)n2CC(=O)N2CCC(c3c[nH]c4ncccc34)CC2)c1. The van der Waals surface area contributed by atoms with E-state index < -0.39 is 0 Å². The van der Waals surface area contributed by atoms with Crippen molar-refractivity contribution in [1.29, 1.82) is 0 Å². The molecule has 31 heavy (non-hydrogen) atoms. The monoisotopic (exact) mass is 432 g/mol. The zero-order chi connectivity index (χ0) is 21.4. The molecule has 1 saturated heterocycles. The second-order valence-corrected chi connectivity index (χ2v) is 8.49. The van der Waals surface area contributed by atoms with Crippen LogP contribution in [-0.2, 0) is 11.3 Å². The largest absolute Gasteiger partial charge is 0.346 e. The van der Waals surface area contributed by atoms with E-state index in [1.54, 1.807) is 10.8 Å². The van der Waals surface area contributed by atoms with Crippen LogP contribution in [0.3, 0.4) is 0 Å². The number of aromatic amines is 2. The highest BCUT2D eigenvalue weighted by Gasteiger charge is 2.26. The molecule has 1 fully saturated rings. The summed E-state index contributed by atoms with van der Waals surface area (Å²) in [4.78, 5) is 22.7. The molecule has 1 aromatic carbocycles. The summed E-state index contributed by atoms with van der Waals surface area (Å²) in [7, 11) is 0. The third kappa shape index (κ3) is 3.79.